The zero-order valence-electron chi connectivity index (χ0n) is 12.0. The van der Waals surface area contributed by atoms with Gasteiger partial charge in [0, 0.05) is 18.7 Å². The van der Waals surface area contributed by atoms with Crippen molar-refractivity contribution >= 4 is 0 Å². The Morgan fingerprint density at radius 2 is 2.30 bits per heavy atom. The van der Waals surface area contributed by atoms with E-state index in [0.29, 0.717) is 23.8 Å². The largest absolute Gasteiger partial charge is 0.492 e. The Bertz CT molecular complexity index is 503. The van der Waals surface area contributed by atoms with Gasteiger partial charge in [-0.2, -0.15) is 0 Å². The van der Waals surface area contributed by atoms with E-state index in [1.807, 2.05) is 6.07 Å². The van der Waals surface area contributed by atoms with Crippen LogP contribution in [0.5, 0.6) is 17.2 Å². The lowest BCUT2D eigenvalue weighted by molar-refractivity contribution is 0.0900. The summed E-state index contributed by atoms with van der Waals surface area (Å²) in [7, 11) is 1.63. The first-order valence-corrected chi connectivity index (χ1v) is 7.14. The first kappa shape index (κ1) is 13.5. The molecule has 2 aliphatic heterocycles. The van der Waals surface area contributed by atoms with Gasteiger partial charge in [0.1, 0.15) is 0 Å². The molecule has 2 aliphatic rings. The van der Waals surface area contributed by atoms with E-state index < -0.39 is 6.10 Å². The second-order valence-electron chi connectivity index (χ2n) is 5.32. The molecule has 0 saturated carbocycles. The van der Waals surface area contributed by atoms with Gasteiger partial charge < -0.3 is 19.3 Å². The number of hydrogen-bond acceptors (Lipinski definition) is 5. The van der Waals surface area contributed by atoms with Crippen molar-refractivity contribution in [2.24, 2.45) is 0 Å². The number of aliphatic hydroxyl groups is 1. The third kappa shape index (κ3) is 2.21. The monoisotopic (exact) mass is 279 g/mol. The Morgan fingerprint density at radius 3 is 3.05 bits per heavy atom. The van der Waals surface area contributed by atoms with Crippen molar-refractivity contribution in [2.75, 3.05) is 27.0 Å². The summed E-state index contributed by atoms with van der Waals surface area (Å²) in [4.78, 5) is 2.27. The minimum absolute atomic E-state index is 0.213. The Morgan fingerprint density at radius 1 is 1.45 bits per heavy atom. The predicted molar refractivity (Wildman–Crippen MR) is 74.3 cm³/mol. The number of fused-ring (bicyclic) bond motifs is 2. The van der Waals surface area contributed by atoms with Crippen molar-refractivity contribution in [3.8, 4) is 17.2 Å². The number of ether oxygens (including phenoxy) is 3. The summed E-state index contributed by atoms with van der Waals surface area (Å²) in [5.41, 5.74) is 1.92. The zero-order chi connectivity index (χ0) is 14.1. The summed E-state index contributed by atoms with van der Waals surface area (Å²) in [5, 5.41) is 10.4. The van der Waals surface area contributed by atoms with Crippen molar-refractivity contribution in [3.05, 3.63) is 17.2 Å². The van der Waals surface area contributed by atoms with Crippen LogP contribution in [-0.4, -0.2) is 37.0 Å². The maximum Gasteiger partial charge on any atom is 0.231 e. The summed E-state index contributed by atoms with van der Waals surface area (Å²) in [5.74, 6) is 2.03. The fourth-order valence-corrected chi connectivity index (χ4v) is 2.93. The summed E-state index contributed by atoms with van der Waals surface area (Å²) in [6.45, 7) is 4.82. The summed E-state index contributed by atoms with van der Waals surface area (Å²) in [6.07, 6.45) is 1.78. The van der Waals surface area contributed by atoms with Gasteiger partial charge in [-0.3, -0.25) is 4.90 Å². The van der Waals surface area contributed by atoms with Crippen LogP contribution in [0.1, 0.15) is 37.0 Å². The summed E-state index contributed by atoms with van der Waals surface area (Å²) in [6, 6.07) is 1.89. The van der Waals surface area contributed by atoms with Crippen molar-refractivity contribution < 1.29 is 19.3 Å². The Balaban J connectivity index is 1.97. The molecule has 0 aliphatic carbocycles. The predicted octanol–water partition coefficient (Wildman–Crippen LogP) is 2.07. The molecule has 1 aromatic rings. The molecule has 0 fully saturated rings. The van der Waals surface area contributed by atoms with Crippen LogP contribution in [0.3, 0.4) is 0 Å². The maximum atomic E-state index is 10.4. The first-order chi connectivity index (χ1) is 9.74. The highest BCUT2D eigenvalue weighted by atomic mass is 16.7. The SMILES string of the molecule is CCCCN1Cc2c(cc3c(c2OC)OCO3)[C@H](O)C1. The number of rotatable bonds is 4. The number of β-amino-alcohol motifs (C(OH)–C–C–N with tert-alkyl or cyclic N) is 1. The lowest BCUT2D eigenvalue weighted by Gasteiger charge is -2.33. The van der Waals surface area contributed by atoms with Crippen LogP contribution < -0.4 is 14.2 Å². The van der Waals surface area contributed by atoms with Gasteiger partial charge in [-0.25, -0.2) is 0 Å². The maximum absolute atomic E-state index is 10.4. The molecule has 1 N–H and O–H groups in total. The van der Waals surface area contributed by atoms with Gasteiger partial charge in [0.25, 0.3) is 0 Å². The van der Waals surface area contributed by atoms with Crippen molar-refractivity contribution in [3.63, 3.8) is 0 Å². The molecule has 0 spiro atoms. The van der Waals surface area contributed by atoms with Gasteiger partial charge >= 0.3 is 0 Å². The van der Waals surface area contributed by atoms with Gasteiger partial charge in [0.05, 0.1) is 13.2 Å². The van der Waals surface area contributed by atoms with E-state index in [0.717, 1.165) is 37.1 Å². The van der Waals surface area contributed by atoms with Crippen LogP contribution >= 0.6 is 0 Å². The highest BCUT2D eigenvalue weighted by molar-refractivity contribution is 5.61. The fourth-order valence-electron chi connectivity index (χ4n) is 2.93. The topological polar surface area (TPSA) is 51.2 Å². The van der Waals surface area contributed by atoms with Gasteiger partial charge in [0.15, 0.2) is 11.5 Å². The lowest BCUT2D eigenvalue weighted by Crippen LogP contribution is -2.34. The second-order valence-corrected chi connectivity index (χ2v) is 5.32. The average molecular weight is 279 g/mol. The van der Waals surface area contributed by atoms with Gasteiger partial charge in [-0.1, -0.05) is 13.3 Å². The zero-order valence-corrected chi connectivity index (χ0v) is 12.0. The smallest absolute Gasteiger partial charge is 0.231 e. The molecule has 0 amide bonds. The second kappa shape index (κ2) is 5.50. The van der Waals surface area contributed by atoms with Gasteiger partial charge in [-0.05, 0) is 24.6 Å². The molecule has 0 unspecified atom stereocenters. The third-order valence-electron chi connectivity index (χ3n) is 3.96. The van der Waals surface area contributed by atoms with Gasteiger partial charge in [-0.15, -0.1) is 0 Å². The highest BCUT2D eigenvalue weighted by Gasteiger charge is 2.32. The van der Waals surface area contributed by atoms with Crippen LogP contribution in [-0.2, 0) is 6.54 Å². The van der Waals surface area contributed by atoms with Gasteiger partial charge in [0.2, 0.25) is 12.5 Å². The minimum Gasteiger partial charge on any atom is -0.492 e. The Hall–Kier alpha value is -1.46. The van der Waals surface area contributed by atoms with Crippen LogP contribution in [0.25, 0.3) is 0 Å². The minimum atomic E-state index is -0.501. The number of benzene rings is 1. The lowest BCUT2D eigenvalue weighted by atomic mass is 9.95. The molecule has 1 atom stereocenters. The third-order valence-corrected chi connectivity index (χ3v) is 3.96. The molecule has 20 heavy (non-hydrogen) atoms. The van der Waals surface area contributed by atoms with E-state index in [9.17, 15) is 5.11 Å². The molecule has 1 aromatic carbocycles. The van der Waals surface area contributed by atoms with E-state index >= 15 is 0 Å². The number of unbranched alkanes of at least 4 members (excludes halogenated alkanes) is 1. The molecule has 3 rings (SSSR count). The quantitative estimate of drug-likeness (QED) is 0.914. The average Bonchev–Trinajstić information content (AvgIpc) is 2.91. The highest BCUT2D eigenvalue weighted by Crippen LogP contribution is 2.48. The molecular weight excluding hydrogens is 258 g/mol. The molecule has 0 bridgehead atoms. The Kier molecular flexibility index (Phi) is 3.72. The number of aliphatic hydroxyl groups excluding tert-OH is 1. The molecule has 5 heteroatoms. The van der Waals surface area contributed by atoms with E-state index in [-0.39, 0.29) is 6.79 Å². The van der Waals surface area contributed by atoms with Crippen molar-refractivity contribution in [1.29, 1.82) is 0 Å². The molecule has 0 aromatic heterocycles. The molecule has 0 saturated heterocycles. The molecular formula is C15H21NO4. The normalized spacial score (nSPS) is 20.9. The standard InChI is InChI=1S/C15H21NO4/c1-3-4-5-16-7-11-10(12(17)8-16)6-13-15(14(11)18-2)20-9-19-13/h6,12,17H,3-5,7-9H2,1-2H3/t12-/m1/s1. The van der Waals surface area contributed by atoms with Crippen molar-refractivity contribution in [1.82, 2.24) is 4.90 Å². The summed E-state index contributed by atoms with van der Waals surface area (Å²) < 4.78 is 16.4. The summed E-state index contributed by atoms with van der Waals surface area (Å²) >= 11 is 0. The molecule has 0 radical (unpaired) electrons. The number of methoxy groups -OCH3 is 1. The van der Waals surface area contributed by atoms with E-state index in [1.165, 1.54) is 0 Å². The van der Waals surface area contributed by atoms with Crippen LogP contribution in [0.15, 0.2) is 6.07 Å². The van der Waals surface area contributed by atoms with Crippen molar-refractivity contribution in [2.45, 2.75) is 32.4 Å². The van der Waals surface area contributed by atoms with E-state index in [4.69, 9.17) is 14.2 Å². The van der Waals surface area contributed by atoms with Crippen LogP contribution in [0, 0.1) is 0 Å². The Labute approximate surface area is 119 Å². The van der Waals surface area contributed by atoms with Crippen LogP contribution in [0.4, 0.5) is 0 Å². The van der Waals surface area contributed by atoms with Crippen LogP contribution in [0.2, 0.25) is 0 Å². The molecule has 2 heterocycles. The van der Waals surface area contributed by atoms with E-state index in [2.05, 4.69) is 11.8 Å². The van der Waals surface area contributed by atoms with E-state index in [1.54, 1.807) is 7.11 Å². The first-order valence-electron chi connectivity index (χ1n) is 7.14. The number of hydrogen-bond donors (Lipinski definition) is 1. The molecule has 110 valence electrons. The fraction of sp³-hybridized carbons (Fsp3) is 0.600. The molecule has 5 nitrogen and oxygen atoms in total. The number of nitrogens with zero attached hydrogens (tertiary/aromatic N) is 1.